The average Bonchev–Trinajstić information content (AvgIpc) is 2.96. The van der Waals surface area contributed by atoms with E-state index in [-0.39, 0.29) is 19.1 Å². The molecule has 0 spiro atoms. The Morgan fingerprint density at radius 1 is 1.21 bits per heavy atom. The minimum Gasteiger partial charge on any atom is -0.489 e. The predicted octanol–water partition coefficient (Wildman–Crippen LogP) is 4.68. The van der Waals surface area contributed by atoms with Crippen molar-refractivity contribution in [1.82, 2.24) is 4.90 Å². The van der Waals surface area contributed by atoms with E-state index in [2.05, 4.69) is 0 Å². The molecular formula is C21H18ClNO4S2. The van der Waals surface area contributed by atoms with Gasteiger partial charge in [0.1, 0.15) is 23.2 Å². The van der Waals surface area contributed by atoms with Crippen molar-refractivity contribution >= 4 is 57.9 Å². The van der Waals surface area contributed by atoms with Crippen LogP contribution in [0.25, 0.3) is 6.08 Å². The molecule has 0 aromatic heterocycles. The van der Waals surface area contributed by atoms with E-state index >= 15 is 0 Å². The number of nitrogens with zero attached hydrogens (tertiary/aromatic N) is 1. The lowest BCUT2D eigenvalue weighted by molar-refractivity contribution is -0.145. The van der Waals surface area contributed by atoms with Gasteiger partial charge in [-0.05, 0) is 36.8 Å². The quantitative estimate of drug-likeness (QED) is 0.349. The third-order valence-electron chi connectivity index (χ3n) is 4.00. The molecule has 1 saturated heterocycles. The fraction of sp³-hybridized carbons (Fsp3) is 0.190. The Bertz CT molecular complexity index is 959. The van der Waals surface area contributed by atoms with E-state index in [1.54, 1.807) is 13.0 Å². The number of benzene rings is 2. The van der Waals surface area contributed by atoms with Crippen LogP contribution in [0.4, 0.5) is 0 Å². The summed E-state index contributed by atoms with van der Waals surface area (Å²) in [4.78, 5) is 25.9. The van der Waals surface area contributed by atoms with Gasteiger partial charge in [-0.3, -0.25) is 14.5 Å². The van der Waals surface area contributed by atoms with Crippen LogP contribution in [0, 0.1) is 0 Å². The smallest absolute Gasteiger partial charge is 0.326 e. The highest BCUT2D eigenvalue weighted by Gasteiger charge is 2.33. The van der Waals surface area contributed by atoms with Gasteiger partial charge in [0.05, 0.1) is 11.5 Å². The average molecular weight is 448 g/mol. The maximum atomic E-state index is 12.5. The Kier molecular flexibility index (Phi) is 7.30. The molecule has 1 heterocycles. The Morgan fingerprint density at radius 2 is 1.93 bits per heavy atom. The van der Waals surface area contributed by atoms with Crippen molar-refractivity contribution in [3.63, 3.8) is 0 Å². The molecule has 3 rings (SSSR count). The van der Waals surface area contributed by atoms with E-state index in [0.717, 1.165) is 11.1 Å². The molecule has 0 aliphatic carbocycles. The van der Waals surface area contributed by atoms with Crippen LogP contribution in [0.15, 0.2) is 53.4 Å². The molecular weight excluding hydrogens is 430 g/mol. The predicted molar refractivity (Wildman–Crippen MR) is 119 cm³/mol. The molecule has 0 atom stereocenters. The summed E-state index contributed by atoms with van der Waals surface area (Å²) < 4.78 is 11.0. The number of carbonyl (C=O) groups is 2. The molecule has 150 valence electrons. The third-order valence-corrected chi connectivity index (χ3v) is 5.74. The van der Waals surface area contributed by atoms with Crippen molar-refractivity contribution in [2.24, 2.45) is 0 Å². The molecule has 0 bridgehead atoms. The summed E-state index contributed by atoms with van der Waals surface area (Å²) >= 11 is 12.5. The largest absolute Gasteiger partial charge is 0.489 e. The molecule has 1 aliphatic heterocycles. The summed E-state index contributed by atoms with van der Waals surface area (Å²) in [6, 6.07) is 14.8. The number of amides is 1. The first-order valence-corrected chi connectivity index (χ1v) is 10.5. The Hall–Kier alpha value is -2.35. The van der Waals surface area contributed by atoms with Gasteiger partial charge in [0, 0.05) is 10.6 Å². The second-order valence-corrected chi connectivity index (χ2v) is 8.10. The van der Waals surface area contributed by atoms with E-state index in [4.69, 9.17) is 33.3 Å². The molecule has 0 N–H and O–H groups in total. The van der Waals surface area contributed by atoms with Crippen LogP contribution in [-0.4, -0.2) is 34.2 Å². The van der Waals surface area contributed by atoms with Crippen molar-refractivity contribution in [3.05, 3.63) is 69.6 Å². The van der Waals surface area contributed by atoms with Gasteiger partial charge in [-0.25, -0.2) is 0 Å². The molecule has 0 saturated carbocycles. The van der Waals surface area contributed by atoms with E-state index < -0.39 is 5.97 Å². The van der Waals surface area contributed by atoms with Crippen LogP contribution in [-0.2, 0) is 20.9 Å². The Balaban J connectivity index is 1.63. The van der Waals surface area contributed by atoms with Crippen LogP contribution in [0.1, 0.15) is 18.1 Å². The van der Waals surface area contributed by atoms with Crippen molar-refractivity contribution in [3.8, 4) is 5.75 Å². The molecule has 1 amide bonds. The number of thioether (sulfide) groups is 1. The zero-order valence-corrected chi connectivity index (χ0v) is 18.0. The molecule has 0 unspecified atom stereocenters. The highest BCUT2D eigenvalue weighted by molar-refractivity contribution is 8.26. The van der Waals surface area contributed by atoms with Gasteiger partial charge >= 0.3 is 5.97 Å². The Morgan fingerprint density at radius 3 is 2.62 bits per heavy atom. The van der Waals surface area contributed by atoms with Gasteiger partial charge in [0.15, 0.2) is 0 Å². The van der Waals surface area contributed by atoms with Crippen molar-refractivity contribution < 1.29 is 19.1 Å². The normalized spacial score (nSPS) is 15.1. The van der Waals surface area contributed by atoms with Crippen LogP contribution in [0.2, 0.25) is 5.02 Å². The van der Waals surface area contributed by atoms with Crippen LogP contribution in [0.3, 0.4) is 0 Å². The number of hydrogen-bond donors (Lipinski definition) is 0. The Labute approximate surface area is 183 Å². The van der Waals surface area contributed by atoms with E-state index in [9.17, 15) is 9.59 Å². The maximum Gasteiger partial charge on any atom is 0.326 e. The van der Waals surface area contributed by atoms with E-state index in [0.29, 0.717) is 26.6 Å². The minimum atomic E-state index is -0.481. The van der Waals surface area contributed by atoms with Gasteiger partial charge in [-0.1, -0.05) is 65.9 Å². The summed E-state index contributed by atoms with van der Waals surface area (Å²) in [5.74, 6) is -0.0888. The number of esters is 1. The van der Waals surface area contributed by atoms with Crippen LogP contribution in [0.5, 0.6) is 5.75 Å². The first-order chi connectivity index (χ1) is 14.0. The van der Waals surface area contributed by atoms with Crippen LogP contribution < -0.4 is 4.74 Å². The van der Waals surface area contributed by atoms with Gasteiger partial charge in [-0.15, -0.1) is 0 Å². The number of rotatable bonds is 7. The number of thiocarbonyl (C=S) groups is 1. The second kappa shape index (κ2) is 9.91. The minimum absolute atomic E-state index is 0.176. The van der Waals surface area contributed by atoms with E-state index in [1.807, 2.05) is 48.5 Å². The van der Waals surface area contributed by atoms with Gasteiger partial charge in [0.2, 0.25) is 0 Å². The monoisotopic (exact) mass is 447 g/mol. The standard InChI is InChI=1S/C21H18ClNO4S2/c1-2-26-19(24)12-23-20(25)18(29-21(23)28)11-14-7-9-16(10-8-14)27-13-15-5-3-4-6-17(15)22/h3-11H,2,12-13H2,1H3/b18-11-. The third kappa shape index (κ3) is 5.59. The highest BCUT2D eigenvalue weighted by Crippen LogP contribution is 2.32. The zero-order chi connectivity index (χ0) is 20.8. The van der Waals surface area contributed by atoms with Gasteiger partial charge in [0.25, 0.3) is 5.91 Å². The molecule has 8 heteroatoms. The number of ether oxygens (including phenoxy) is 2. The highest BCUT2D eigenvalue weighted by atomic mass is 35.5. The molecule has 0 radical (unpaired) electrons. The second-order valence-electron chi connectivity index (χ2n) is 6.02. The van der Waals surface area contributed by atoms with Gasteiger partial charge < -0.3 is 9.47 Å². The molecule has 2 aromatic rings. The number of halogens is 1. The molecule has 1 fully saturated rings. The fourth-order valence-electron chi connectivity index (χ4n) is 2.56. The van der Waals surface area contributed by atoms with Crippen molar-refractivity contribution in [2.45, 2.75) is 13.5 Å². The first kappa shape index (κ1) is 21.4. The lowest BCUT2D eigenvalue weighted by Gasteiger charge is -2.12. The summed E-state index contributed by atoms with van der Waals surface area (Å²) in [5, 5.41) is 0.661. The van der Waals surface area contributed by atoms with Crippen LogP contribution >= 0.6 is 35.6 Å². The summed E-state index contributed by atoms with van der Waals surface area (Å²) in [6.07, 6.45) is 1.74. The molecule has 1 aliphatic rings. The first-order valence-electron chi connectivity index (χ1n) is 8.85. The maximum absolute atomic E-state index is 12.5. The molecule has 5 nitrogen and oxygen atoms in total. The molecule has 2 aromatic carbocycles. The van der Waals surface area contributed by atoms with Crippen molar-refractivity contribution in [1.29, 1.82) is 0 Å². The van der Waals surface area contributed by atoms with Gasteiger partial charge in [-0.2, -0.15) is 0 Å². The number of hydrogen-bond acceptors (Lipinski definition) is 6. The molecule has 29 heavy (non-hydrogen) atoms. The summed E-state index contributed by atoms with van der Waals surface area (Å²) in [5.41, 5.74) is 1.73. The van der Waals surface area contributed by atoms with Crippen molar-refractivity contribution in [2.75, 3.05) is 13.2 Å². The lowest BCUT2D eigenvalue weighted by atomic mass is 10.2. The zero-order valence-electron chi connectivity index (χ0n) is 15.6. The summed E-state index contributed by atoms with van der Waals surface area (Å²) in [7, 11) is 0. The lowest BCUT2D eigenvalue weighted by Crippen LogP contribution is -2.34. The number of carbonyl (C=O) groups excluding carboxylic acids is 2. The SMILES string of the molecule is CCOC(=O)CN1C(=O)/C(=C/c2ccc(OCc3ccccc3Cl)cc2)SC1=S. The topological polar surface area (TPSA) is 55.8 Å². The van der Waals surface area contributed by atoms with E-state index in [1.165, 1.54) is 16.7 Å². The fourth-order valence-corrected chi connectivity index (χ4v) is 4.01. The summed E-state index contributed by atoms with van der Waals surface area (Å²) in [6.45, 7) is 2.16.